The van der Waals surface area contributed by atoms with Crippen molar-refractivity contribution < 1.29 is 4.79 Å². The largest absolute Gasteiger partial charge is 0.335 e. The van der Waals surface area contributed by atoms with E-state index in [9.17, 15) is 4.79 Å². The lowest BCUT2D eigenvalue weighted by atomic mass is 9.85. The van der Waals surface area contributed by atoms with Crippen molar-refractivity contribution in [3.63, 3.8) is 0 Å². The van der Waals surface area contributed by atoms with Gasteiger partial charge in [0.2, 0.25) is 0 Å². The third-order valence-electron chi connectivity index (χ3n) is 3.88. The number of benzene rings is 1. The second-order valence-electron chi connectivity index (χ2n) is 5.38. The molecule has 0 radical (unpaired) electrons. The molecule has 0 aromatic heterocycles. The molecular formula is C15H21NO. The first-order valence-corrected chi connectivity index (χ1v) is 6.45. The summed E-state index contributed by atoms with van der Waals surface area (Å²) in [6, 6.07) is 9.95. The Bertz CT molecular complexity index is 387. The molecule has 0 bridgehead atoms. The van der Waals surface area contributed by atoms with Crippen LogP contribution in [0.4, 0.5) is 0 Å². The maximum Gasteiger partial charge on any atom is 0.254 e. The van der Waals surface area contributed by atoms with Gasteiger partial charge in [0, 0.05) is 18.2 Å². The minimum atomic E-state index is 0.177. The molecular weight excluding hydrogens is 210 g/mol. The lowest BCUT2D eigenvalue weighted by molar-refractivity contribution is 0.0455. The average Bonchev–Trinajstić information content (AvgIpc) is 2.34. The number of likely N-dealkylation sites (tertiary alicyclic amines) is 1. The summed E-state index contributed by atoms with van der Waals surface area (Å²) < 4.78 is 0. The van der Waals surface area contributed by atoms with E-state index in [1.54, 1.807) is 0 Å². The molecule has 3 atom stereocenters. The van der Waals surface area contributed by atoms with Gasteiger partial charge in [0.1, 0.15) is 0 Å². The van der Waals surface area contributed by atoms with Gasteiger partial charge in [0.05, 0.1) is 0 Å². The second-order valence-corrected chi connectivity index (χ2v) is 5.38. The molecule has 1 fully saturated rings. The van der Waals surface area contributed by atoms with E-state index in [1.807, 2.05) is 35.2 Å². The first-order chi connectivity index (χ1) is 8.09. The molecule has 2 heteroatoms. The fraction of sp³-hybridized carbons (Fsp3) is 0.533. The number of piperidine rings is 1. The van der Waals surface area contributed by atoms with Crippen molar-refractivity contribution in [3.05, 3.63) is 35.9 Å². The smallest absolute Gasteiger partial charge is 0.254 e. The lowest BCUT2D eigenvalue weighted by Crippen LogP contribution is -2.48. The summed E-state index contributed by atoms with van der Waals surface area (Å²) in [6.45, 7) is 7.52. The second kappa shape index (κ2) is 4.91. The topological polar surface area (TPSA) is 20.3 Å². The predicted molar refractivity (Wildman–Crippen MR) is 69.9 cm³/mol. The molecule has 0 saturated carbocycles. The Hall–Kier alpha value is -1.31. The molecule has 1 aromatic carbocycles. The highest BCUT2D eigenvalue weighted by Gasteiger charge is 2.32. The zero-order chi connectivity index (χ0) is 12.4. The van der Waals surface area contributed by atoms with Crippen molar-refractivity contribution in [1.29, 1.82) is 0 Å². The summed E-state index contributed by atoms with van der Waals surface area (Å²) in [5, 5.41) is 0. The number of carbonyl (C=O) groups is 1. The van der Waals surface area contributed by atoms with Crippen molar-refractivity contribution >= 4 is 5.91 Å². The van der Waals surface area contributed by atoms with Gasteiger partial charge in [-0.2, -0.15) is 0 Å². The van der Waals surface area contributed by atoms with Crippen molar-refractivity contribution in [2.75, 3.05) is 6.54 Å². The van der Waals surface area contributed by atoms with Gasteiger partial charge in [0.15, 0.2) is 0 Å². The molecule has 1 aliphatic heterocycles. The first-order valence-electron chi connectivity index (χ1n) is 6.45. The Morgan fingerprint density at radius 2 is 1.82 bits per heavy atom. The number of hydrogen-bond acceptors (Lipinski definition) is 1. The van der Waals surface area contributed by atoms with Crippen molar-refractivity contribution in [2.45, 2.75) is 33.2 Å². The zero-order valence-electron chi connectivity index (χ0n) is 10.9. The van der Waals surface area contributed by atoms with Crippen LogP contribution in [0, 0.1) is 11.8 Å². The van der Waals surface area contributed by atoms with Crippen LogP contribution in [-0.4, -0.2) is 23.4 Å². The van der Waals surface area contributed by atoms with Gasteiger partial charge >= 0.3 is 0 Å². The number of amides is 1. The van der Waals surface area contributed by atoms with Crippen LogP contribution < -0.4 is 0 Å². The molecule has 3 unspecified atom stereocenters. The summed E-state index contributed by atoms with van der Waals surface area (Å²) in [5.74, 6) is 1.37. The van der Waals surface area contributed by atoms with E-state index < -0.39 is 0 Å². The third kappa shape index (κ3) is 2.51. The molecule has 92 valence electrons. The van der Waals surface area contributed by atoms with E-state index >= 15 is 0 Å². The summed E-state index contributed by atoms with van der Waals surface area (Å²) in [7, 11) is 0. The molecule has 1 saturated heterocycles. The molecule has 1 heterocycles. The molecule has 1 aromatic rings. The van der Waals surface area contributed by atoms with Crippen LogP contribution >= 0.6 is 0 Å². The van der Waals surface area contributed by atoms with Gasteiger partial charge in [0.25, 0.3) is 5.91 Å². The van der Waals surface area contributed by atoms with Crippen LogP contribution in [0.1, 0.15) is 37.6 Å². The monoisotopic (exact) mass is 231 g/mol. The number of rotatable bonds is 1. The maximum absolute atomic E-state index is 12.4. The molecule has 0 aliphatic carbocycles. The Kier molecular flexibility index (Phi) is 3.51. The van der Waals surface area contributed by atoms with Gasteiger partial charge in [-0.25, -0.2) is 0 Å². The Morgan fingerprint density at radius 1 is 1.18 bits per heavy atom. The summed E-state index contributed by atoms with van der Waals surface area (Å²) in [5.41, 5.74) is 0.806. The minimum absolute atomic E-state index is 0.177. The highest BCUT2D eigenvalue weighted by molar-refractivity contribution is 5.94. The molecule has 2 nitrogen and oxygen atoms in total. The normalized spacial score (nSPS) is 29.1. The van der Waals surface area contributed by atoms with Gasteiger partial charge in [-0.1, -0.05) is 32.0 Å². The first kappa shape index (κ1) is 12.2. The number of hydrogen-bond donors (Lipinski definition) is 0. The average molecular weight is 231 g/mol. The van der Waals surface area contributed by atoms with Crippen molar-refractivity contribution in [1.82, 2.24) is 4.90 Å². The third-order valence-corrected chi connectivity index (χ3v) is 3.88. The van der Waals surface area contributed by atoms with E-state index in [-0.39, 0.29) is 5.91 Å². The van der Waals surface area contributed by atoms with Gasteiger partial charge in [-0.3, -0.25) is 4.79 Å². The van der Waals surface area contributed by atoms with Gasteiger partial charge in [-0.15, -0.1) is 0 Å². The molecule has 1 aliphatic rings. The highest BCUT2D eigenvalue weighted by Crippen LogP contribution is 2.28. The van der Waals surface area contributed by atoms with E-state index in [0.717, 1.165) is 12.1 Å². The Morgan fingerprint density at radius 3 is 2.47 bits per heavy atom. The number of carbonyl (C=O) groups excluding carboxylic acids is 1. The highest BCUT2D eigenvalue weighted by atomic mass is 16.2. The van der Waals surface area contributed by atoms with E-state index in [2.05, 4.69) is 20.8 Å². The zero-order valence-corrected chi connectivity index (χ0v) is 10.9. The minimum Gasteiger partial charge on any atom is -0.335 e. The summed E-state index contributed by atoms with van der Waals surface area (Å²) >= 11 is 0. The van der Waals surface area contributed by atoms with Crippen LogP contribution in [0.15, 0.2) is 30.3 Å². The maximum atomic E-state index is 12.4. The van der Waals surface area contributed by atoms with E-state index in [4.69, 9.17) is 0 Å². The van der Waals surface area contributed by atoms with Crippen LogP contribution in [-0.2, 0) is 0 Å². The molecule has 2 rings (SSSR count). The van der Waals surface area contributed by atoms with Gasteiger partial charge in [-0.05, 0) is 37.3 Å². The summed E-state index contributed by atoms with van der Waals surface area (Å²) in [4.78, 5) is 14.5. The Labute approximate surface area is 104 Å². The molecule has 1 amide bonds. The molecule has 17 heavy (non-hydrogen) atoms. The quantitative estimate of drug-likeness (QED) is 0.727. The van der Waals surface area contributed by atoms with Crippen LogP contribution in [0.5, 0.6) is 0 Å². The van der Waals surface area contributed by atoms with Crippen LogP contribution in [0.2, 0.25) is 0 Å². The summed E-state index contributed by atoms with van der Waals surface area (Å²) in [6.07, 6.45) is 1.22. The predicted octanol–water partition coefficient (Wildman–Crippen LogP) is 3.19. The SMILES string of the molecule is CC1CC(C)C(C)N(C(=O)c2ccccc2)C1. The van der Waals surface area contributed by atoms with E-state index in [0.29, 0.717) is 17.9 Å². The van der Waals surface area contributed by atoms with Crippen molar-refractivity contribution in [2.24, 2.45) is 11.8 Å². The van der Waals surface area contributed by atoms with E-state index in [1.165, 1.54) is 6.42 Å². The van der Waals surface area contributed by atoms with Gasteiger partial charge < -0.3 is 4.90 Å². The van der Waals surface area contributed by atoms with Crippen molar-refractivity contribution in [3.8, 4) is 0 Å². The Balaban J connectivity index is 2.18. The molecule has 0 spiro atoms. The standard InChI is InChI=1S/C15H21NO/c1-11-9-12(2)13(3)16(10-11)15(17)14-7-5-4-6-8-14/h4-8,11-13H,9-10H2,1-3H3. The lowest BCUT2D eigenvalue weighted by Gasteiger charge is -2.41. The fourth-order valence-corrected chi connectivity index (χ4v) is 2.73. The van der Waals surface area contributed by atoms with Crippen LogP contribution in [0.3, 0.4) is 0 Å². The van der Waals surface area contributed by atoms with Crippen LogP contribution in [0.25, 0.3) is 0 Å². The number of nitrogens with zero attached hydrogens (tertiary/aromatic N) is 1. The molecule has 0 N–H and O–H groups in total. The fourth-order valence-electron chi connectivity index (χ4n) is 2.73.